The van der Waals surface area contributed by atoms with Crippen LogP contribution in [0.4, 0.5) is 17.6 Å². The summed E-state index contributed by atoms with van der Waals surface area (Å²) in [5, 5.41) is 7.06. The third-order valence-electron chi connectivity index (χ3n) is 4.96. The van der Waals surface area contributed by atoms with Gasteiger partial charge in [0.25, 0.3) is 12.9 Å². The summed E-state index contributed by atoms with van der Waals surface area (Å²) in [6, 6.07) is 4.85. The Kier molecular flexibility index (Phi) is 7.57. The lowest BCUT2D eigenvalue weighted by molar-refractivity contribution is 0.104. The number of nitrogens with zero attached hydrogens (tertiary/aromatic N) is 4. The van der Waals surface area contributed by atoms with Crippen LogP contribution in [-0.4, -0.2) is 32.5 Å². The summed E-state index contributed by atoms with van der Waals surface area (Å²) in [4.78, 5) is 12.5. The second kappa shape index (κ2) is 10.2. The Bertz CT molecular complexity index is 1190. The molecule has 0 fully saturated rings. The first-order valence-corrected chi connectivity index (χ1v) is 10.3. The average molecular weight is 485 g/mol. The predicted molar refractivity (Wildman–Crippen MR) is 115 cm³/mol. The van der Waals surface area contributed by atoms with E-state index < -0.39 is 29.3 Å². The zero-order chi connectivity index (χ0) is 24.3. The summed E-state index contributed by atoms with van der Waals surface area (Å²) < 4.78 is 60.9. The van der Waals surface area contributed by atoms with Gasteiger partial charge in [0.2, 0.25) is 0 Å². The van der Waals surface area contributed by atoms with Gasteiger partial charge in [0.15, 0.2) is 5.78 Å². The van der Waals surface area contributed by atoms with Gasteiger partial charge >= 0.3 is 0 Å². The summed E-state index contributed by atoms with van der Waals surface area (Å²) in [5.74, 6) is 0.0916. The summed E-state index contributed by atoms with van der Waals surface area (Å²) in [6.07, 6.45) is -1.60. The average Bonchev–Trinajstić information content (AvgIpc) is 3.31. The standard InChI is InChI=1S/C22H21ClF4N4O2/c1-4-30-11-15(12(2)28-30)16(32)7-5-13-6-8-17(33-3)14(9-13)10-31-20(22(26)27)18(23)19(29-31)21(24)25/h5-9,11,21-22H,4,10H2,1-3H3/b7-5+. The van der Waals surface area contributed by atoms with E-state index in [0.29, 0.717) is 34.7 Å². The van der Waals surface area contributed by atoms with E-state index in [9.17, 15) is 22.4 Å². The molecule has 0 saturated carbocycles. The molecule has 2 heterocycles. The number of rotatable bonds is 9. The first kappa shape index (κ1) is 24.5. The number of allylic oxidation sites excluding steroid dienone is 1. The molecule has 0 radical (unpaired) electrons. The highest BCUT2D eigenvalue weighted by molar-refractivity contribution is 6.32. The van der Waals surface area contributed by atoms with Crippen LogP contribution in [0.5, 0.6) is 5.75 Å². The van der Waals surface area contributed by atoms with Crippen LogP contribution in [0.2, 0.25) is 5.02 Å². The molecule has 0 atom stereocenters. The van der Waals surface area contributed by atoms with Crippen LogP contribution in [-0.2, 0) is 13.1 Å². The van der Waals surface area contributed by atoms with Crippen LogP contribution >= 0.6 is 11.6 Å². The van der Waals surface area contributed by atoms with Gasteiger partial charge in [-0.2, -0.15) is 10.2 Å². The van der Waals surface area contributed by atoms with Crippen molar-refractivity contribution >= 4 is 23.5 Å². The molecule has 0 amide bonds. The number of carbonyl (C=O) groups excluding carboxylic acids is 1. The topological polar surface area (TPSA) is 61.9 Å². The van der Waals surface area contributed by atoms with E-state index >= 15 is 0 Å². The van der Waals surface area contributed by atoms with Crippen molar-refractivity contribution in [1.82, 2.24) is 19.6 Å². The summed E-state index contributed by atoms with van der Waals surface area (Å²) >= 11 is 5.73. The molecule has 0 saturated heterocycles. The Morgan fingerprint density at radius 1 is 1.21 bits per heavy atom. The molecular weight excluding hydrogens is 464 g/mol. The van der Waals surface area contributed by atoms with Gasteiger partial charge in [0, 0.05) is 18.3 Å². The van der Waals surface area contributed by atoms with Crippen LogP contribution in [0.3, 0.4) is 0 Å². The SMILES string of the molecule is CCn1cc(C(=O)/C=C/c2ccc(OC)c(Cn3nc(C(F)F)c(Cl)c3C(F)F)c2)c(C)n1. The van der Waals surface area contributed by atoms with Crippen LogP contribution in [0.25, 0.3) is 6.08 Å². The maximum Gasteiger partial charge on any atom is 0.283 e. The van der Waals surface area contributed by atoms with Gasteiger partial charge in [-0.05, 0) is 37.6 Å². The third-order valence-corrected chi connectivity index (χ3v) is 5.34. The Morgan fingerprint density at radius 2 is 1.94 bits per heavy atom. The Labute approximate surface area is 192 Å². The monoisotopic (exact) mass is 484 g/mol. The number of carbonyl (C=O) groups is 1. The predicted octanol–water partition coefficient (Wildman–Crippen LogP) is 5.89. The van der Waals surface area contributed by atoms with Gasteiger partial charge in [-0.25, -0.2) is 17.6 Å². The minimum Gasteiger partial charge on any atom is -0.496 e. The molecule has 0 unspecified atom stereocenters. The number of methoxy groups -OCH3 is 1. The van der Waals surface area contributed by atoms with Crippen molar-refractivity contribution in [3.63, 3.8) is 0 Å². The van der Waals surface area contributed by atoms with Crippen molar-refractivity contribution in [2.75, 3.05) is 7.11 Å². The van der Waals surface area contributed by atoms with Crippen LogP contribution in [0.1, 0.15) is 58.3 Å². The molecule has 6 nitrogen and oxygen atoms in total. The molecule has 0 N–H and O–H groups in total. The summed E-state index contributed by atoms with van der Waals surface area (Å²) in [7, 11) is 1.39. The van der Waals surface area contributed by atoms with Gasteiger partial charge in [-0.15, -0.1) is 0 Å². The largest absolute Gasteiger partial charge is 0.496 e. The maximum absolute atomic E-state index is 13.5. The van der Waals surface area contributed by atoms with Crippen molar-refractivity contribution in [2.45, 2.75) is 39.8 Å². The fourth-order valence-electron chi connectivity index (χ4n) is 3.31. The second-order valence-corrected chi connectivity index (χ2v) is 7.47. The molecule has 0 aliphatic carbocycles. The van der Waals surface area contributed by atoms with Crippen LogP contribution in [0.15, 0.2) is 30.5 Å². The minimum absolute atomic E-state index is 0.245. The lowest BCUT2D eigenvalue weighted by atomic mass is 10.1. The molecule has 0 spiro atoms. The molecule has 3 aromatic rings. The van der Waals surface area contributed by atoms with Crippen molar-refractivity contribution in [3.8, 4) is 5.75 Å². The first-order chi connectivity index (χ1) is 15.7. The smallest absolute Gasteiger partial charge is 0.283 e. The normalized spacial score (nSPS) is 11.8. The van der Waals surface area contributed by atoms with E-state index in [1.54, 1.807) is 42.1 Å². The van der Waals surface area contributed by atoms with Crippen molar-refractivity contribution < 1.29 is 27.1 Å². The molecule has 11 heteroatoms. The summed E-state index contributed by atoms with van der Waals surface area (Å²) in [5.41, 5.74) is 0.333. The van der Waals surface area contributed by atoms with Crippen molar-refractivity contribution in [2.24, 2.45) is 0 Å². The molecule has 176 valence electrons. The Hall–Kier alpha value is -3.14. The highest BCUT2D eigenvalue weighted by atomic mass is 35.5. The number of halogens is 5. The van der Waals surface area contributed by atoms with E-state index in [2.05, 4.69) is 10.2 Å². The maximum atomic E-state index is 13.5. The van der Waals surface area contributed by atoms with Crippen molar-refractivity contribution in [3.05, 3.63) is 69.3 Å². The van der Waals surface area contributed by atoms with Crippen LogP contribution in [0, 0.1) is 6.92 Å². The number of ketones is 1. The number of hydrogen-bond donors (Lipinski definition) is 0. The zero-order valence-corrected chi connectivity index (χ0v) is 18.8. The quantitative estimate of drug-likeness (QED) is 0.216. The number of aryl methyl sites for hydroxylation is 2. The van der Waals surface area contributed by atoms with Gasteiger partial charge in [0.05, 0.1) is 29.9 Å². The number of aromatic nitrogens is 4. The first-order valence-electron chi connectivity index (χ1n) is 9.92. The number of ether oxygens (including phenoxy) is 1. The van der Waals surface area contributed by atoms with E-state index in [1.807, 2.05) is 6.92 Å². The highest BCUT2D eigenvalue weighted by Gasteiger charge is 2.28. The molecule has 3 rings (SSSR count). The van der Waals surface area contributed by atoms with E-state index in [0.717, 1.165) is 4.68 Å². The fraction of sp³-hybridized carbons (Fsp3) is 0.318. The molecule has 0 bridgehead atoms. The Balaban J connectivity index is 1.92. The minimum atomic E-state index is -3.10. The number of benzene rings is 1. The van der Waals surface area contributed by atoms with Gasteiger partial charge < -0.3 is 4.74 Å². The molecule has 0 aliphatic rings. The molecule has 33 heavy (non-hydrogen) atoms. The third kappa shape index (κ3) is 5.27. The number of alkyl halides is 4. The van der Waals surface area contributed by atoms with Crippen LogP contribution < -0.4 is 4.74 Å². The van der Waals surface area contributed by atoms with E-state index in [4.69, 9.17) is 16.3 Å². The lowest BCUT2D eigenvalue weighted by Gasteiger charge is -2.12. The van der Waals surface area contributed by atoms with E-state index in [-0.39, 0.29) is 12.3 Å². The summed E-state index contributed by atoms with van der Waals surface area (Å²) in [6.45, 7) is 3.99. The molecule has 0 aliphatic heterocycles. The van der Waals surface area contributed by atoms with Gasteiger partial charge in [-0.3, -0.25) is 14.2 Å². The molecular formula is C22H21ClF4N4O2. The zero-order valence-electron chi connectivity index (χ0n) is 18.0. The Morgan fingerprint density at radius 3 is 2.52 bits per heavy atom. The molecule has 2 aromatic heterocycles. The van der Waals surface area contributed by atoms with Gasteiger partial charge in [-0.1, -0.05) is 23.7 Å². The number of hydrogen-bond acceptors (Lipinski definition) is 4. The molecule has 1 aromatic carbocycles. The highest BCUT2D eigenvalue weighted by Crippen LogP contribution is 2.35. The van der Waals surface area contributed by atoms with Crippen molar-refractivity contribution in [1.29, 1.82) is 0 Å². The van der Waals surface area contributed by atoms with Gasteiger partial charge in [0.1, 0.15) is 17.1 Å². The van der Waals surface area contributed by atoms with E-state index in [1.165, 1.54) is 13.2 Å². The second-order valence-electron chi connectivity index (χ2n) is 7.10. The lowest BCUT2D eigenvalue weighted by Crippen LogP contribution is -2.08. The fourth-order valence-corrected chi connectivity index (χ4v) is 3.61.